The molecule has 0 radical (unpaired) electrons. The number of aryl methyl sites for hydroxylation is 1. The SMILES string of the molecule is COc1ccc(-c2ccc(S(N)(=O)=O)cc2C)cc1-c1ccc(C(F)(F)F)cc1CN1C(=O)OC(c2cc(C(F)(F)F)cc(C(F)(F)F)c2)[C@@H]1C. The first-order valence-electron chi connectivity index (χ1n) is 14.8. The van der Waals surface area contributed by atoms with Crippen molar-refractivity contribution in [2.75, 3.05) is 7.11 Å². The molecule has 5 rings (SSSR count). The molecule has 0 spiro atoms. The lowest BCUT2D eigenvalue weighted by Crippen LogP contribution is -2.32. The molecule has 0 aromatic heterocycles. The van der Waals surface area contributed by atoms with Gasteiger partial charge in [-0.05, 0) is 102 Å². The Kier molecular flexibility index (Phi) is 9.62. The summed E-state index contributed by atoms with van der Waals surface area (Å²) in [6, 6.07) is 11.1. The van der Waals surface area contributed by atoms with Crippen molar-refractivity contribution >= 4 is 16.1 Å². The quantitative estimate of drug-likeness (QED) is 0.190. The Hall–Kier alpha value is -4.77. The van der Waals surface area contributed by atoms with Crippen molar-refractivity contribution in [1.82, 2.24) is 4.90 Å². The Morgan fingerprint density at radius 1 is 0.765 bits per heavy atom. The molecule has 272 valence electrons. The Morgan fingerprint density at radius 2 is 1.35 bits per heavy atom. The summed E-state index contributed by atoms with van der Waals surface area (Å²) in [7, 11) is -2.71. The number of nitrogens with zero attached hydrogens (tertiary/aromatic N) is 1. The van der Waals surface area contributed by atoms with Crippen molar-refractivity contribution in [3.8, 4) is 28.0 Å². The highest BCUT2D eigenvalue weighted by Crippen LogP contribution is 2.44. The molecule has 1 aliphatic rings. The first-order chi connectivity index (χ1) is 23.5. The van der Waals surface area contributed by atoms with Gasteiger partial charge >= 0.3 is 24.6 Å². The summed E-state index contributed by atoms with van der Waals surface area (Å²) in [5.41, 5.74) is -3.16. The topological polar surface area (TPSA) is 98.9 Å². The van der Waals surface area contributed by atoms with Gasteiger partial charge in [0.2, 0.25) is 10.0 Å². The van der Waals surface area contributed by atoms with Crippen LogP contribution in [0.2, 0.25) is 0 Å². The number of carbonyl (C=O) groups excluding carboxylic acids is 1. The number of amides is 1. The summed E-state index contributed by atoms with van der Waals surface area (Å²) in [5.74, 6) is 0.192. The van der Waals surface area contributed by atoms with Crippen LogP contribution in [0.4, 0.5) is 44.3 Å². The largest absolute Gasteiger partial charge is 0.496 e. The summed E-state index contributed by atoms with van der Waals surface area (Å²) in [6.45, 7) is 2.30. The van der Waals surface area contributed by atoms with Gasteiger partial charge in [0.25, 0.3) is 0 Å². The lowest BCUT2D eigenvalue weighted by molar-refractivity contribution is -0.143. The first-order valence-corrected chi connectivity index (χ1v) is 16.3. The Morgan fingerprint density at radius 3 is 1.88 bits per heavy atom. The summed E-state index contributed by atoms with van der Waals surface area (Å²) in [4.78, 5) is 13.9. The summed E-state index contributed by atoms with van der Waals surface area (Å²) in [5, 5.41) is 5.24. The highest BCUT2D eigenvalue weighted by atomic mass is 32.2. The average molecular weight is 747 g/mol. The molecule has 1 unspecified atom stereocenters. The van der Waals surface area contributed by atoms with Crippen LogP contribution in [0.5, 0.6) is 5.75 Å². The van der Waals surface area contributed by atoms with Crippen LogP contribution >= 0.6 is 0 Å². The van der Waals surface area contributed by atoms with Crippen LogP contribution in [0.15, 0.2) is 77.7 Å². The molecule has 0 aliphatic carbocycles. The monoisotopic (exact) mass is 746 g/mol. The van der Waals surface area contributed by atoms with Crippen molar-refractivity contribution < 1.29 is 62.2 Å². The van der Waals surface area contributed by atoms with Crippen LogP contribution in [-0.4, -0.2) is 32.6 Å². The number of primary sulfonamides is 1. The van der Waals surface area contributed by atoms with Crippen LogP contribution < -0.4 is 9.88 Å². The van der Waals surface area contributed by atoms with E-state index in [1.165, 1.54) is 38.3 Å². The second-order valence-electron chi connectivity index (χ2n) is 11.8. The van der Waals surface area contributed by atoms with Gasteiger partial charge in [-0.25, -0.2) is 18.4 Å². The third-order valence-electron chi connectivity index (χ3n) is 8.43. The maximum absolute atomic E-state index is 13.9. The number of carbonyl (C=O) groups is 1. The highest BCUT2D eigenvalue weighted by Gasteiger charge is 2.44. The van der Waals surface area contributed by atoms with Crippen molar-refractivity contribution in [3.05, 3.63) is 106 Å². The van der Waals surface area contributed by atoms with Gasteiger partial charge in [0.15, 0.2) is 0 Å². The Balaban J connectivity index is 1.60. The van der Waals surface area contributed by atoms with Gasteiger partial charge in [-0.1, -0.05) is 18.2 Å². The van der Waals surface area contributed by atoms with Crippen LogP contribution in [0.3, 0.4) is 0 Å². The zero-order chi connectivity index (χ0) is 37.8. The minimum atomic E-state index is -5.18. The molecule has 2 atom stereocenters. The predicted molar refractivity (Wildman–Crippen MR) is 166 cm³/mol. The third-order valence-corrected chi connectivity index (χ3v) is 9.34. The number of alkyl halides is 9. The fourth-order valence-electron chi connectivity index (χ4n) is 5.87. The van der Waals surface area contributed by atoms with Gasteiger partial charge in [0.05, 0.1) is 41.3 Å². The lowest BCUT2D eigenvalue weighted by Gasteiger charge is -2.24. The summed E-state index contributed by atoms with van der Waals surface area (Å²) in [6.07, 6.45) is -18.0. The first kappa shape index (κ1) is 37.5. The molecule has 1 aliphatic heterocycles. The fourth-order valence-corrected chi connectivity index (χ4v) is 6.47. The van der Waals surface area contributed by atoms with Gasteiger partial charge < -0.3 is 9.47 Å². The number of benzene rings is 4. The van der Waals surface area contributed by atoms with Gasteiger partial charge in [0, 0.05) is 5.56 Å². The Labute approximate surface area is 285 Å². The molecule has 1 amide bonds. The highest BCUT2D eigenvalue weighted by molar-refractivity contribution is 7.89. The van der Waals surface area contributed by atoms with E-state index in [0.717, 1.165) is 23.1 Å². The third kappa shape index (κ3) is 7.78. The average Bonchev–Trinajstić information content (AvgIpc) is 3.31. The molecule has 51 heavy (non-hydrogen) atoms. The van der Waals surface area contributed by atoms with Gasteiger partial charge in [0.1, 0.15) is 11.9 Å². The van der Waals surface area contributed by atoms with Crippen LogP contribution in [-0.2, 0) is 39.8 Å². The van der Waals surface area contributed by atoms with Crippen molar-refractivity contribution in [2.24, 2.45) is 5.14 Å². The van der Waals surface area contributed by atoms with Crippen molar-refractivity contribution in [1.29, 1.82) is 0 Å². The molecular weight excluding hydrogens is 719 g/mol. The Bertz CT molecular complexity index is 2080. The molecule has 1 heterocycles. The minimum absolute atomic E-state index is 0.0743. The maximum Gasteiger partial charge on any atom is 0.416 e. The molecule has 4 aromatic carbocycles. The van der Waals surface area contributed by atoms with Gasteiger partial charge in [-0.2, -0.15) is 39.5 Å². The fraction of sp³-hybridized carbons (Fsp3) is 0.265. The molecule has 0 bridgehead atoms. The van der Waals surface area contributed by atoms with Crippen molar-refractivity contribution in [2.45, 2.75) is 56.0 Å². The van der Waals surface area contributed by atoms with E-state index < -0.39 is 75.6 Å². The molecule has 1 saturated heterocycles. The van der Waals surface area contributed by atoms with E-state index in [-0.39, 0.29) is 33.4 Å². The standard InChI is InChI=1S/C34H27F9N2O5S/c1-17-10-25(51(44,47)48)6-8-26(17)19-4-9-29(49-3)28(14-19)27-7-5-22(32(35,36)37)13-21(27)16-45-18(2)30(50-31(45)46)20-11-23(33(38,39)40)15-24(12-20)34(41,42)43/h4-15,18,30H,16H2,1-3H3,(H2,44,47,48)/t18-,30?/m0/s1. The summed E-state index contributed by atoms with van der Waals surface area (Å²) >= 11 is 0. The number of halogens is 9. The van der Waals surface area contributed by atoms with E-state index in [0.29, 0.717) is 28.8 Å². The van der Waals surface area contributed by atoms with Crippen LogP contribution in [0.25, 0.3) is 22.3 Å². The second kappa shape index (κ2) is 13.1. The number of nitrogens with two attached hydrogens (primary N) is 1. The molecule has 1 fully saturated rings. The molecule has 0 saturated carbocycles. The van der Waals surface area contributed by atoms with Gasteiger partial charge in [-0.3, -0.25) is 4.90 Å². The maximum atomic E-state index is 13.9. The molecule has 4 aromatic rings. The molecular formula is C34H27F9N2O5S. The number of cyclic esters (lactones) is 1. The number of hydrogen-bond donors (Lipinski definition) is 1. The number of rotatable bonds is 7. The van der Waals surface area contributed by atoms with Gasteiger partial charge in [-0.15, -0.1) is 0 Å². The minimum Gasteiger partial charge on any atom is -0.496 e. The number of sulfonamides is 1. The normalized spacial score (nSPS) is 17.1. The lowest BCUT2D eigenvalue weighted by atomic mass is 9.92. The zero-order valence-corrected chi connectivity index (χ0v) is 27.5. The van der Waals surface area contributed by atoms with Crippen LogP contribution in [0, 0.1) is 6.92 Å². The number of hydrogen-bond acceptors (Lipinski definition) is 5. The van der Waals surface area contributed by atoms with E-state index in [1.54, 1.807) is 19.1 Å². The van der Waals surface area contributed by atoms with E-state index in [4.69, 9.17) is 14.6 Å². The number of methoxy groups -OCH3 is 1. The second-order valence-corrected chi connectivity index (χ2v) is 13.4. The molecule has 7 nitrogen and oxygen atoms in total. The van der Waals surface area contributed by atoms with E-state index in [1.807, 2.05) is 0 Å². The molecule has 2 N–H and O–H groups in total. The molecule has 17 heteroatoms. The van der Waals surface area contributed by atoms with Crippen LogP contribution in [0.1, 0.15) is 46.4 Å². The smallest absolute Gasteiger partial charge is 0.416 e. The predicted octanol–water partition coefficient (Wildman–Crippen LogP) is 9.12. The summed E-state index contributed by atoms with van der Waals surface area (Å²) < 4.78 is 158. The van der Waals surface area contributed by atoms with E-state index in [2.05, 4.69) is 0 Å². The van der Waals surface area contributed by atoms with Crippen molar-refractivity contribution in [3.63, 3.8) is 0 Å². The van der Waals surface area contributed by atoms with E-state index >= 15 is 0 Å². The number of ether oxygens (including phenoxy) is 2. The van der Waals surface area contributed by atoms with E-state index in [9.17, 15) is 52.7 Å². The zero-order valence-electron chi connectivity index (χ0n) is 26.7.